The van der Waals surface area contributed by atoms with Gasteiger partial charge in [-0.15, -0.1) is 5.10 Å². The summed E-state index contributed by atoms with van der Waals surface area (Å²) in [7, 11) is 0. The summed E-state index contributed by atoms with van der Waals surface area (Å²) < 4.78 is 1.46. The molecule has 0 N–H and O–H groups in total. The van der Waals surface area contributed by atoms with Crippen molar-refractivity contribution in [2.75, 3.05) is 0 Å². The number of hydrogen-bond donors (Lipinski definition) is 0. The third-order valence-electron chi connectivity index (χ3n) is 2.30. The molecule has 2 aromatic heterocycles. The quantitative estimate of drug-likeness (QED) is 0.701. The largest absolute Gasteiger partial charge is 0.254 e. The molecule has 0 amide bonds. The second-order valence-corrected chi connectivity index (χ2v) is 3.92. The van der Waals surface area contributed by atoms with Gasteiger partial charge < -0.3 is 0 Å². The lowest BCUT2D eigenvalue weighted by molar-refractivity contribution is 0.751. The third-order valence-corrected chi connectivity index (χ3v) is 2.49. The first kappa shape index (κ1) is 10.8. The second kappa shape index (κ2) is 4.50. The predicted molar refractivity (Wildman–Crippen MR) is 65.2 cm³/mol. The van der Waals surface area contributed by atoms with Gasteiger partial charge in [0, 0.05) is 5.56 Å². The maximum absolute atomic E-state index is 5.74. The summed E-state index contributed by atoms with van der Waals surface area (Å²) in [5, 5.41) is 12.0. The molecule has 0 saturated carbocycles. The van der Waals surface area contributed by atoms with Crippen LogP contribution in [0.5, 0.6) is 0 Å². The topological polar surface area (TPSA) is 69.4 Å². The van der Waals surface area contributed by atoms with E-state index in [1.165, 1.54) is 17.1 Å². The van der Waals surface area contributed by atoms with Crippen LogP contribution in [0.25, 0.3) is 17.3 Å². The van der Waals surface area contributed by atoms with Gasteiger partial charge in [-0.1, -0.05) is 41.9 Å². The van der Waals surface area contributed by atoms with Gasteiger partial charge in [0.2, 0.25) is 0 Å². The summed E-state index contributed by atoms with van der Waals surface area (Å²) in [6.07, 6.45) is 3.00. The van der Waals surface area contributed by atoms with E-state index < -0.39 is 0 Å². The van der Waals surface area contributed by atoms with Crippen LogP contribution in [-0.2, 0) is 0 Å². The fourth-order valence-corrected chi connectivity index (χ4v) is 1.60. The van der Waals surface area contributed by atoms with Crippen LogP contribution >= 0.6 is 11.6 Å². The molecule has 0 aliphatic heterocycles. The lowest BCUT2D eigenvalue weighted by atomic mass is 10.2. The predicted octanol–water partition coefficient (Wildman–Crippen LogP) is 1.77. The molecule has 3 aromatic rings. The fraction of sp³-hybridized carbons (Fsp3) is 0. The average molecular weight is 259 g/mol. The zero-order valence-corrected chi connectivity index (χ0v) is 9.86. The molecule has 0 spiro atoms. The average Bonchev–Trinajstić information content (AvgIpc) is 2.90. The molecule has 2 heterocycles. The molecular formula is C11H7ClN6. The summed E-state index contributed by atoms with van der Waals surface area (Å²) in [6, 6.07) is 9.58. The van der Waals surface area contributed by atoms with Gasteiger partial charge in [-0.2, -0.15) is 4.68 Å². The molecular weight excluding hydrogens is 252 g/mol. The van der Waals surface area contributed by atoms with E-state index in [0.717, 1.165) is 5.56 Å². The third kappa shape index (κ3) is 1.93. The molecule has 18 heavy (non-hydrogen) atoms. The first-order chi connectivity index (χ1) is 8.84. The molecule has 88 valence electrons. The number of rotatable bonds is 2. The minimum Gasteiger partial charge on any atom is -0.218 e. The van der Waals surface area contributed by atoms with Crippen molar-refractivity contribution in [1.82, 2.24) is 30.2 Å². The molecule has 0 saturated heterocycles. The van der Waals surface area contributed by atoms with Crippen LogP contribution in [0, 0.1) is 0 Å². The zero-order chi connectivity index (χ0) is 12.4. The molecule has 0 aliphatic carbocycles. The van der Waals surface area contributed by atoms with Crippen molar-refractivity contribution in [3.05, 3.63) is 47.7 Å². The van der Waals surface area contributed by atoms with Crippen LogP contribution < -0.4 is 0 Å². The van der Waals surface area contributed by atoms with E-state index in [-0.39, 0.29) is 0 Å². The molecule has 1 aromatic carbocycles. The Kier molecular flexibility index (Phi) is 2.70. The van der Waals surface area contributed by atoms with Crippen LogP contribution in [0.1, 0.15) is 0 Å². The van der Waals surface area contributed by atoms with Gasteiger partial charge >= 0.3 is 0 Å². The number of halogens is 1. The summed E-state index contributed by atoms with van der Waals surface area (Å²) in [6.45, 7) is 0. The number of benzene rings is 1. The minimum atomic E-state index is 0.378. The molecule has 7 heteroatoms. The van der Waals surface area contributed by atoms with Gasteiger partial charge in [0.05, 0.1) is 17.4 Å². The Morgan fingerprint density at radius 3 is 2.44 bits per heavy atom. The van der Waals surface area contributed by atoms with E-state index in [4.69, 9.17) is 11.6 Å². The molecule has 0 unspecified atom stereocenters. The summed E-state index contributed by atoms with van der Waals surface area (Å²) in [4.78, 5) is 8.17. The van der Waals surface area contributed by atoms with Gasteiger partial charge in [-0.3, -0.25) is 0 Å². The SMILES string of the molecule is Clc1cnc(-n2nnnc2-c2ccccc2)nc1. The van der Waals surface area contributed by atoms with Gasteiger partial charge in [-0.25, -0.2) is 9.97 Å². The van der Waals surface area contributed by atoms with Crippen LogP contribution in [0.15, 0.2) is 42.7 Å². The molecule has 0 fully saturated rings. The Labute approximate surface area is 107 Å². The number of aromatic nitrogens is 6. The molecule has 0 atom stereocenters. The first-order valence-corrected chi connectivity index (χ1v) is 5.54. The smallest absolute Gasteiger partial charge is 0.218 e. The van der Waals surface area contributed by atoms with Crippen molar-refractivity contribution in [3.8, 4) is 17.3 Å². The maximum Gasteiger partial charge on any atom is 0.254 e. The van der Waals surface area contributed by atoms with Crippen molar-refractivity contribution < 1.29 is 0 Å². The Morgan fingerprint density at radius 2 is 1.72 bits per heavy atom. The van der Waals surface area contributed by atoms with E-state index in [2.05, 4.69) is 25.5 Å². The fourth-order valence-electron chi connectivity index (χ4n) is 1.50. The van der Waals surface area contributed by atoms with E-state index in [1.807, 2.05) is 30.3 Å². The molecule has 3 rings (SSSR count). The monoisotopic (exact) mass is 258 g/mol. The highest BCUT2D eigenvalue weighted by molar-refractivity contribution is 6.30. The van der Waals surface area contributed by atoms with Gasteiger partial charge in [0.15, 0.2) is 5.82 Å². The van der Waals surface area contributed by atoms with E-state index in [1.54, 1.807) is 0 Å². The van der Waals surface area contributed by atoms with E-state index >= 15 is 0 Å². The minimum absolute atomic E-state index is 0.378. The van der Waals surface area contributed by atoms with Gasteiger partial charge in [0.1, 0.15) is 0 Å². The van der Waals surface area contributed by atoms with E-state index in [9.17, 15) is 0 Å². The second-order valence-electron chi connectivity index (χ2n) is 3.48. The highest BCUT2D eigenvalue weighted by Crippen LogP contribution is 2.17. The van der Waals surface area contributed by atoms with Crippen molar-refractivity contribution in [1.29, 1.82) is 0 Å². The highest BCUT2D eigenvalue weighted by atomic mass is 35.5. The van der Waals surface area contributed by atoms with Crippen LogP contribution in [0.4, 0.5) is 0 Å². The maximum atomic E-state index is 5.74. The van der Waals surface area contributed by atoms with Crippen LogP contribution in [-0.4, -0.2) is 30.2 Å². The Hall–Kier alpha value is -2.34. The van der Waals surface area contributed by atoms with Crippen molar-refractivity contribution in [2.24, 2.45) is 0 Å². The number of hydrogen-bond acceptors (Lipinski definition) is 5. The summed E-state index contributed by atoms with van der Waals surface area (Å²) >= 11 is 5.74. The molecule has 6 nitrogen and oxygen atoms in total. The lowest BCUT2D eigenvalue weighted by Gasteiger charge is -2.02. The van der Waals surface area contributed by atoms with Crippen LogP contribution in [0.2, 0.25) is 5.02 Å². The van der Waals surface area contributed by atoms with Crippen LogP contribution in [0.3, 0.4) is 0 Å². The molecule has 0 bridgehead atoms. The number of tetrazole rings is 1. The van der Waals surface area contributed by atoms with Gasteiger partial charge in [-0.05, 0) is 10.4 Å². The van der Waals surface area contributed by atoms with Crippen molar-refractivity contribution in [3.63, 3.8) is 0 Å². The van der Waals surface area contributed by atoms with Crippen molar-refractivity contribution >= 4 is 11.6 Å². The zero-order valence-electron chi connectivity index (χ0n) is 9.10. The summed E-state index contributed by atoms with van der Waals surface area (Å²) in [5.41, 5.74) is 0.890. The Balaban J connectivity index is 2.10. The van der Waals surface area contributed by atoms with E-state index in [0.29, 0.717) is 16.8 Å². The Morgan fingerprint density at radius 1 is 1.00 bits per heavy atom. The van der Waals surface area contributed by atoms with Crippen molar-refractivity contribution in [2.45, 2.75) is 0 Å². The lowest BCUT2D eigenvalue weighted by Crippen LogP contribution is -2.04. The molecule has 0 aliphatic rings. The van der Waals surface area contributed by atoms with Gasteiger partial charge in [0.25, 0.3) is 5.95 Å². The Bertz CT molecular complexity index is 649. The normalized spacial score (nSPS) is 10.5. The number of nitrogens with zero attached hydrogens (tertiary/aromatic N) is 6. The highest BCUT2D eigenvalue weighted by Gasteiger charge is 2.11. The summed E-state index contributed by atoms with van der Waals surface area (Å²) in [5.74, 6) is 0.959. The first-order valence-electron chi connectivity index (χ1n) is 5.16. The molecule has 0 radical (unpaired) electrons. The standard InChI is InChI=1S/C11H7ClN6/c12-9-6-13-11(14-7-9)18-10(15-16-17-18)8-4-2-1-3-5-8/h1-7H.